The maximum Gasteiger partial charge on any atom is 0.00858 e. The summed E-state index contributed by atoms with van der Waals surface area (Å²) >= 11 is 2.22. The predicted molar refractivity (Wildman–Crippen MR) is 36.8 cm³/mol. The molecule has 0 amide bonds. The second-order valence-corrected chi connectivity index (χ2v) is 4.30. The second-order valence-electron chi connectivity index (χ2n) is 0.613. The van der Waals surface area contributed by atoms with E-state index in [9.17, 15) is 0 Å². The van der Waals surface area contributed by atoms with Gasteiger partial charge in [-0.25, -0.2) is 0 Å². The smallest absolute Gasteiger partial charge is 0.00858 e. The Labute approximate surface area is 45.4 Å². The summed E-state index contributed by atoms with van der Waals surface area (Å²) in [4.78, 5) is 0. The Morgan fingerprint density at radius 3 is 2.80 bits per heavy atom. The van der Waals surface area contributed by atoms with Crippen molar-refractivity contribution in [2.24, 2.45) is 0 Å². The van der Waals surface area contributed by atoms with Crippen LogP contribution in [0.25, 0.3) is 0 Å². The van der Waals surface area contributed by atoms with Crippen molar-refractivity contribution in [3.8, 4) is 0 Å². The maximum absolute atomic E-state index is 2.28. The highest BCUT2D eigenvalue weighted by molar-refractivity contribution is 14.2. The van der Waals surface area contributed by atoms with E-state index in [1.54, 1.807) is 0 Å². The van der Waals surface area contributed by atoms with E-state index < -0.39 is 0 Å². The second kappa shape index (κ2) is 1.97. The van der Waals surface area contributed by atoms with E-state index >= 15 is 0 Å². The molecule has 0 bridgehead atoms. The van der Waals surface area contributed by atoms with E-state index in [-0.39, 0.29) is 0 Å². The van der Waals surface area contributed by atoms with Crippen molar-refractivity contribution >= 4 is 35.8 Å². The Hall–Kier alpha value is 0.690. The summed E-state index contributed by atoms with van der Waals surface area (Å²) in [6.07, 6.45) is 0. The van der Waals surface area contributed by atoms with Gasteiger partial charge >= 0.3 is 0 Å². The molecule has 0 nitrogen and oxygen atoms in total. The Balaban J connectivity index is 2.61. The van der Waals surface area contributed by atoms with Crippen LogP contribution in [0, 0.1) is 0 Å². The van der Waals surface area contributed by atoms with Crippen molar-refractivity contribution < 1.29 is 0 Å². The molecule has 1 rings (SSSR count). The topological polar surface area (TPSA) is 0 Å². The molecule has 0 saturated carbocycles. The Bertz CT molecular complexity index is 65.0. The molecule has 0 radical (unpaired) electrons. The minimum atomic E-state index is 0.400. The molecule has 0 spiro atoms. The van der Waals surface area contributed by atoms with Crippen molar-refractivity contribution in [3.05, 3.63) is 9.49 Å². The molecule has 0 atom stereocenters. The third-order valence-electron chi connectivity index (χ3n) is 0.306. The minimum Gasteiger partial charge on any atom is -0.0994 e. The first-order chi connectivity index (χ1) is 2.50. The lowest BCUT2D eigenvalue weighted by Crippen LogP contribution is -1.30. The van der Waals surface area contributed by atoms with Gasteiger partial charge in [-0.1, -0.05) is 32.5 Å². The average Bonchev–Trinajstić information content (AvgIpc) is 1.76. The maximum atomic E-state index is 2.28. The third-order valence-corrected chi connectivity index (χ3v) is 3.83. The van der Waals surface area contributed by atoms with Crippen LogP contribution in [0.5, 0.6) is 0 Å². The Kier molecular flexibility index (Phi) is 1.52. The fourth-order valence-electron chi connectivity index (χ4n) is 0.148. The van der Waals surface area contributed by atoms with Crippen LogP contribution in [0.15, 0.2) is 9.49 Å². The summed E-state index contributed by atoms with van der Waals surface area (Å²) < 4.78 is 4.53. The number of thioether (sulfide) groups is 1. The van der Waals surface area contributed by atoms with Gasteiger partial charge in [0, 0.05) is 3.34 Å². The SMILES string of the molecule is C1=CI=CS1. The monoisotopic (exact) mass is 198 g/mol. The molecule has 0 fully saturated rings. The molecule has 0 aromatic carbocycles. The molecule has 1 aliphatic heterocycles. The molecule has 1 aliphatic rings. The molecule has 0 aliphatic carbocycles. The van der Waals surface area contributed by atoms with Gasteiger partial charge in [-0.15, -0.1) is 0 Å². The van der Waals surface area contributed by atoms with Gasteiger partial charge in [0.1, 0.15) is 0 Å². The van der Waals surface area contributed by atoms with Gasteiger partial charge < -0.3 is 0 Å². The molecule has 28 valence electrons. The molecule has 0 N–H and O–H groups in total. The summed E-state index contributed by atoms with van der Waals surface area (Å²) in [5.74, 6) is 0. The molecule has 2 heteroatoms. The molecule has 0 unspecified atom stereocenters. The summed E-state index contributed by atoms with van der Waals surface area (Å²) in [5, 5.41) is 2.15. The van der Waals surface area contributed by atoms with Crippen molar-refractivity contribution in [1.82, 2.24) is 0 Å². The Morgan fingerprint density at radius 2 is 2.60 bits per heavy atom. The molecular formula is C3H3IS. The van der Waals surface area contributed by atoms with Crippen LogP contribution in [-0.2, 0) is 0 Å². The highest BCUT2D eigenvalue weighted by Crippen LogP contribution is 2.15. The summed E-state index contributed by atoms with van der Waals surface area (Å²) in [6.45, 7) is 0. The third kappa shape index (κ3) is 1.05. The van der Waals surface area contributed by atoms with Crippen LogP contribution in [0.3, 0.4) is 0 Å². The van der Waals surface area contributed by atoms with E-state index in [1.165, 1.54) is 0 Å². The van der Waals surface area contributed by atoms with Crippen LogP contribution in [0.4, 0.5) is 0 Å². The highest BCUT2D eigenvalue weighted by Gasteiger charge is 1.73. The number of hydrogen-bond acceptors (Lipinski definition) is 1. The predicted octanol–water partition coefficient (Wildman–Crippen LogP) is 1.93. The van der Waals surface area contributed by atoms with Gasteiger partial charge in [-0.2, -0.15) is 0 Å². The fourth-order valence-corrected chi connectivity index (χ4v) is 2.99. The van der Waals surface area contributed by atoms with Crippen LogP contribution in [-0.4, -0.2) is 3.34 Å². The number of hydrogen-bond donors (Lipinski definition) is 0. The lowest BCUT2D eigenvalue weighted by atomic mass is 11.3. The Morgan fingerprint density at radius 1 is 1.60 bits per heavy atom. The molecule has 5 heavy (non-hydrogen) atoms. The highest BCUT2D eigenvalue weighted by atomic mass is 127. The van der Waals surface area contributed by atoms with Crippen molar-refractivity contribution in [3.63, 3.8) is 0 Å². The molecule has 0 aromatic heterocycles. The molecule has 0 aromatic rings. The average molecular weight is 198 g/mol. The van der Waals surface area contributed by atoms with Gasteiger partial charge in [0.2, 0.25) is 0 Å². The summed E-state index contributed by atoms with van der Waals surface area (Å²) in [5.41, 5.74) is 0. The fraction of sp³-hybridized carbons (Fsp3) is 0. The first kappa shape index (κ1) is 3.87. The van der Waals surface area contributed by atoms with Gasteiger partial charge in [-0.05, 0) is 9.49 Å². The first-order valence-corrected chi connectivity index (χ1v) is 4.68. The zero-order chi connectivity index (χ0) is 3.54. The van der Waals surface area contributed by atoms with Crippen LogP contribution < -0.4 is 0 Å². The molecule has 0 saturated heterocycles. The zero-order valence-corrected chi connectivity index (χ0v) is 5.49. The van der Waals surface area contributed by atoms with Crippen molar-refractivity contribution in [2.75, 3.05) is 0 Å². The van der Waals surface area contributed by atoms with E-state index in [2.05, 4.69) is 12.8 Å². The summed E-state index contributed by atoms with van der Waals surface area (Å²) in [6, 6.07) is 0. The zero-order valence-electron chi connectivity index (χ0n) is 2.52. The normalized spacial score (nSPS) is 19.2. The van der Waals surface area contributed by atoms with Crippen molar-refractivity contribution in [2.45, 2.75) is 0 Å². The van der Waals surface area contributed by atoms with Crippen LogP contribution >= 0.6 is 32.5 Å². The van der Waals surface area contributed by atoms with E-state index in [0.29, 0.717) is 20.7 Å². The number of halogens is 1. The largest absolute Gasteiger partial charge is 0.0994 e. The minimum absolute atomic E-state index is 0.400. The van der Waals surface area contributed by atoms with Gasteiger partial charge in [-0.3, -0.25) is 0 Å². The van der Waals surface area contributed by atoms with E-state index in [0.717, 1.165) is 0 Å². The standard InChI is InChI=1S/C3H3IS/c1-2-5-3-4-1/h1-3H. The molecular weight excluding hydrogens is 195 g/mol. The van der Waals surface area contributed by atoms with Gasteiger partial charge in [0.15, 0.2) is 0 Å². The van der Waals surface area contributed by atoms with E-state index in [1.807, 2.05) is 11.8 Å². The lowest BCUT2D eigenvalue weighted by Gasteiger charge is -1.57. The molecule has 1 heterocycles. The summed E-state index contributed by atoms with van der Waals surface area (Å²) in [7, 11) is 0. The van der Waals surface area contributed by atoms with Crippen LogP contribution in [0.2, 0.25) is 0 Å². The van der Waals surface area contributed by atoms with Gasteiger partial charge in [0.25, 0.3) is 0 Å². The van der Waals surface area contributed by atoms with Gasteiger partial charge in [0.05, 0.1) is 0 Å². The number of rotatable bonds is 0. The quantitative estimate of drug-likeness (QED) is 0.536. The van der Waals surface area contributed by atoms with E-state index in [4.69, 9.17) is 0 Å². The first-order valence-electron chi connectivity index (χ1n) is 1.24. The van der Waals surface area contributed by atoms with Crippen LogP contribution in [0.1, 0.15) is 0 Å². The lowest BCUT2D eigenvalue weighted by molar-refractivity contribution is 2.65. The van der Waals surface area contributed by atoms with Crippen molar-refractivity contribution in [1.29, 1.82) is 0 Å².